The molecule has 0 aliphatic heterocycles. The highest BCUT2D eigenvalue weighted by atomic mass is 32.1. The summed E-state index contributed by atoms with van der Waals surface area (Å²) in [5.41, 5.74) is 5.46. The van der Waals surface area contributed by atoms with Crippen molar-refractivity contribution in [3.8, 4) is 10.6 Å². The van der Waals surface area contributed by atoms with Crippen LogP contribution >= 0.6 is 11.3 Å². The lowest BCUT2D eigenvalue weighted by Gasteiger charge is -2.07. The molecule has 0 unspecified atom stereocenters. The number of fused-ring (bicyclic) bond motifs is 1. The van der Waals surface area contributed by atoms with Crippen LogP contribution in [0.1, 0.15) is 20.8 Å². The Balaban J connectivity index is 1.71. The van der Waals surface area contributed by atoms with Crippen molar-refractivity contribution in [3.05, 3.63) is 77.1 Å². The summed E-state index contributed by atoms with van der Waals surface area (Å²) in [5, 5.41) is 4.79. The number of para-hydroxylation sites is 1. The lowest BCUT2D eigenvalue weighted by atomic mass is 10.1. The first-order valence-electron chi connectivity index (χ1n) is 8.03. The van der Waals surface area contributed by atoms with E-state index in [-0.39, 0.29) is 5.91 Å². The third-order valence-corrected chi connectivity index (χ3v) is 4.90. The molecule has 5 nitrogen and oxygen atoms in total. The zero-order valence-electron chi connectivity index (χ0n) is 14.0. The third kappa shape index (κ3) is 3.27. The minimum Gasteiger partial charge on any atom is -0.472 e. The highest BCUT2D eigenvalue weighted by Crippen LogP contribution is 2.29. The fourth-order valence-electron chi connectivity index (χ4n) is 2.64. The van der Waals surface area contributed by atoms with Crippen LogP contribution in [-0.4, -0.2) is 17.1 Å². The number of nitrogens with zero attached hydrogens (tertiary/aromatic N) is 2. The highest BCUT2D eigenvalue weighted by Gasteiger charge is 2.14. The molecule has 3 heterocycles. The fourth-order valence-corrected chi connectivity index (χ4v) is 3.46. The number of pyridine rings is 1. The molecule has 0 aliphatic rings. The third-order valence-electron chi connectivity index (χ3n) is 3.88. The predicted octanol–water partition coefficient (Wildman–Crippen LogP) is 4.63. The molecule has 0 bridgehead atoms. The summed E-state index contributed by atoms with van der Waals surface area (Å²) in [6, 6.07) is 15.3. The Kier molecular flexibility index (Phi) is 4.33. The Morgan fingerprint density at radius 2 is 2.12 bits per heavy atom. The number of hydrogen-bond acceptors (Lipinski definition) is 5. The van der Waals surface area contributed by atoms with Gasteiger partial charge in [0.2, 0.25) is 0 Å². The van der Waals surface area contributed by atoms with Gasteiger partial charge in [-0.1, -0.05) is 18.2 Å². The molecule has 1 amide bonds. The molecular weight excluding hydrogens is 346 g/mol. The number of amides is 1. The van der Waals surface area contributed by atoms with E-state index < -0.39 is 0 Å². The monoisotopic (exact) mass is 361 g/mol. The average Bonchev–Trinajstić information content (AvgIpc) is 3.32. The van der Waals surface area contributed by atoms with Crippen LogP contribution < -0.4 is 5.43 Å². The van der Waals surface area contributed by atoms with E-state index in [0.29, 0.717) is 5.56 Å². The van der Waals surface area contributed by atoms with Crippen LogP contribution in [0.4, 0.5) is 0 Å². The van der Waals surface area contributed by atoms with E-state index in [1.54, 1.807) is 29.9 Å². The number of thiophene rings is 1. The minimum atomic E-state index is -0.280. The van der Waals surface area contributed by atoms with Crippen molar-refractivity contribution >= 4 is 34.4 Å². The highest BCUT2D eigenvalue weighted by molar-refractivity contribution is 7.15. The van der Waals surface area contributed by atoms with Gasteiger partial charge in [0.05, 0.1) is 40.4 Å². The van der Waals surface area contributed by atoms with E-state index >= 15 is 0 Å². The van der Waals surface area contributed by atoms with Crippen LogP contribution in [0.3, 0.4) is 0 Å². The number of hydrogen-bond donors (Lipinski definition) is 1. The molecule has 1 N–H and O–H groups in total. The van der Waals surface area contributed by atoms with E-state index in [1.807, 2.05) is 49.4 Å². The molecule has 26 heavy (non-hydrogen) atoms. The van der Waals surface area contributed by atoms with Crippen LogP contribution in [0, 0.1) is 6.92 Å². The number of benzene rings is 1. The van der Waals surface area contributed by atoms with Crippen molar-refractivity contribution in [1.29, 1.82) is 0 Å². The first kappa shape index (κ1) is 16.2. The number of hydrazone groups is 1. The van der Waals surface area contributed by atoms with Crippen LogP contribution in [0.5, 0.6) is 0 Å². The summed E-state index contributed by atoms with van der Waals surface area (Å²) >= 11 is 1.65. The summed E-state index contributed by atoms with van der Waals surface area (Å²) in [6.07, 6.45) is 4.64. The number of nitrogens with one attached hydrogen (secondary N) is 1. The number of carbonyl (C=O) groups is 1. The van der Waals surface area contributed by atoms with Crippen molar-refractivity contribution < 1.29 is 9.21 Å². The molecule has 128 valence electrons. The number of furan rings is 1. The average molecular weight is 361 g/mol. The van der Waals surface area contributed by atoms with Gasteiger partial charge in [-0.25, -0.2) is 10.4 Å². The molecule has 4 aromatic rings. The maximum atomic E-state index is 12.7. The molecule has 0 atom stereocenters. The Morgan fingerprint density at radius 1 is 1.23 bits per heavy atom. The zero-order chi connectivity index (χ0) is 17.9. The van der Waals surface area contributed by atoms with Gasteiger partial charge in [0.15, 0.2) is 0 Å². The maximum Gasteiger partial charge on any atom is 0.272 e. The standard InChI is InChI=1S/C20H15N3O2S/c1-13-6-7-19(26-13)18-10-16(15-4-2-3-5-17(15)22-18)20(24)23-21-11-14-8-9-25-12-14/h2-12H,1H3,(H,23,24)/b21-11+. The SMILES string of the molecule is Cc1ccc(-c2cc(C(=O)N/N=C/c3ccoc3)c3ccccc3n2)s1. The quantitative estimate of drug-likeness (QED) is 0.426. The summed E-state index contributed by atoms with van der Waals surface area (Å²) in [7, 11) is 0. The Morgan fingerprint density at radius 3 is 2.88 bits per heavy atom. The van der Waals surface area contributed by atoms with Gasteiger partial charge in [0.1, 0.15) is 0 Å². The molecule has 0 saturated heterocycles. The van der Waals surface area contributed by atoms with Crippen molar-refractivity contribution in [3.63, 3.8) is 0 Å². The van der Waals surface area contributed by atoms with Gasteiger partial charge in [-0.15, -0.1) is 11.3 Å². The van der Waals surface area contributed by atoms with E-state index in [4.69, 9.17) is 9.40 Å². The Hall–Kier alpha value is -3.25. The topological polar surface area (TPSA) is 67.5 Å². The smallest absolute Gasteiger partial charge is 0.272 e. The van der Waals surface area contributed by atoms with Crippen molar-refractivity contribution in [2.75, 3.05) is 0 Å². The summed E-state index contributed by atoms with van der Waals surface area (Å²) in [5.74, 6) is -0.280. The summed E-state index contributed by atoms with van der Waals surface area (Å²) in [4.78, 5) is 19.6. The number of rotatable bonds is 4. The van der Waals surface area contributed by atoms with Crippen molar-refractivity contribution in [2.45, 2.75) is 6.92 Å². The molecule has 3 aromatic heterocycles. The molecule has 0 saturated carbocycles. The molecule has 0 fully saturated rings. The second-order valence-electron chi connectivity index (χ2n) is 5.74. The predicted molar refractivity (Wildman–Crippen MR) is 104 cm³/mol. The molecule has 4 rings (SSSR count). The van der Waals surface area contributed by atoms with Crippen molar-refractivity contribution in [1.82, 2.24) is 10.4 Å². The van der Waals surface area contributed by atoms with E-state index in [9.17, 15) is 4.79 Å². The maximum absolute atomic E-state index is 12.7. The van der Waals surface area contributed by atoms with Gasteiger partial charge < -0.3 is 4.42 Å². The van der Waals surface area contributed by atoms with Gasteiger partial charge in [-0.05, 0) is 37.3 Å². The van der Waals surface area contributed by atoms with Gasteiger partial charge in [0, 0.05) is 15.8 Å². The molecule has 0 aliphatic carbocycles. The summed E-state index contributed by atoms with van der Waals surface area (Å²) < 4.78 is 4.97. The van der Waals surface area contributed by atoms with E-state index in [1.165, 1.54) is 11.1 Å². The Bertz CT molecular complexity index is 1100. The van der Waals surface area contributed by atoms with E-state index in [2.05, 4.69) is 10.5 Å². The first-order valence-corrected chi connectivity index (χ1v) is 8.84. The van der Waals surface area contributed by atoms with Crippen molar-refractivity contribution in [2.24, 2.45) is 5.10 Å². The van der Waals surface area contributed by atoms with Gasteiger partial charge in [-0.3, -0.25) is 4.79 Å². The second-order valence-corrected chi connectivity index (χ2v) is 7.03. The number of aromatic nitrogens is 1. The molecule has 0 radical (unpaired) electrons. The first-order chi connectivity index (χ1) is 12.7. The molecule has 6 heteroatoms. The van der Waals surface area contributed by atoms with Gasteiger partial charge >= 0.3 is 0 Å². The fraction of sp³-hybridized carbons (Fsp3) is 0.0500. The second kappa shape index (κ2) is 6.93. The molecule has 1 aromatic carbocycles. The lowest BCUT2D eigenvalue weighted by molar-refractivity contribution is 0.0956. The van der Waals surface area contributed by atoms with Crippen LogP contribution in [-0.2, 0) is 0 Å². The number of carbonyl (C=O) groups excluding carboxylic acids is 1. The molecular formula is C20H15N3O2S. The van der Waals surface area contributed by atoms with Crippen LogP contribution in [0.2, 0.25) is 0 Å². The largest absolute Gasteiger partial charge is 0.472 e. The van der Waals surface area contributed by atoms with Gasteiger partial charge in [-0.2, -0.15) is 5.10 Å². The summed E-state index contributed by atoms with van der Waals surface area (Å²) in [6.45, 7) is 2.05. The van der Waals surface area contributed by atoms with E-state index in [0.717, 1.165) is 27.0 Å². The normalized spacial score (nSPS) is 11.3. The van der Waals surface area contributed by atoms with Crippen LogP contribution in [0.15, 0.2) is 70.6 Å². The Labute approximate surface area is 154 Å². The lowest BCUT2D eigenvalue weighted by Crippen LogP contribution is -2.18. The van der Waals surface area contributed by atoms with Crippen LogP contribution in [0.25, 0.3) is 21.5 Å². The molecule has 0 spiro atoms. The zero-order valence-corrected chi connectivity index (χ0v) is 14.8. The minimum absolute atomic E-state index is 0.280. The van der Waals surface area contributed by atoms with Gasteiger partial charge in [0.25, 0.3) is 5.91 Å². The number of aryl methyl sites for hydroxylation is 1.